The Morgan fingerprint density at radius 1 is 1.41 bits per heavy atom. The first-order chi connectivity index (χ1) is 8.25. The highest BCUT2D eigenvalue weighted by Crippen LogP contribution is 2.12. The van der Waals surface area contributed by atoms with Gasteiger partial charge >= 0.3 is 0 Å². The van der Waals surface area contributed by atoms with Crippen molar-refractivity contribution in [3.63, 3.8) is 0 Å². The first kappa shape index (κ1) is 12.6. The molecule has 96 valence electrons. The number of hydrogen-bond donors (Lipinski definition) is 1. The van der Waals surface area contributed by atoms with Gasteiger partial charge in [0.25, 0.3) is 0 Å². The van der Waals surface area contributed by atoms with Crippen LogP contribution in [0.4, 0.5) is 0 Å². The molecule has 2 rings (SSSR count). The second-order valence-corrected chi connectivity index (χ2v) is 5.46. The third kappa shape index (κ3) is 3.80. The lowest BCUT2D eigenvalue weighted by molar-refractivity contribution is 0.437. The van der Waals surface area contributed by atoms with Crippen LogP contribution in [0.5, 0.6) is 0 Å². The van der Waals surface area contributed by atoms with Crippen LogP contribution in [0.15, 0.2) is 6.33 Å². The molecule has 1 aromatic rings. The normalized spacial score (nSPS) is 21.7. The van der Waals surface area contributed by atoms with E-state index in [1.54, 1.807) is 6.33 Å². The number of nitrogens with zero attached hydrogens (tertiary/aromatic N) is 3. The van der Waals surface area contributed by atoms with E-state index in [0.717, 1.165) is 25.3 Å². The maximum absolute atomic E-state index is 4.41. The standard InChI is InChI=1S/C13H24N4/c1-11(2)9-17-13(15-10-16-17)8-12-6-4-3-5-7-14-12/h10-12,14H,3-9H2,1-2H3. The molecule has 4 nitrogen and oxygen atoms in total. The summed E-state index contributed by atoms with van der Waals surface area (Å²) in [5.74, 6) is 1.76. The van der Waals surface area contributed by atoms with Gasteiger partial charge in [-0.1, -0.05) is 26.7 Å². The molecule has 0 bridgehead atoms. The Balaban J connectivity index is 1.94. The summed E-state index contributed by atoms with van der Waals surface area (Å²) in [5, 5.41) is 7.94. The smallest absolute Gasteiger partial charge is 0.138 e. The van der Waals surface area contributed by atoms with Gasteiger partial charge in [0.2, 0.25) is 0 Å². The Morgan fingerprint density at radius 3 is 3.12 bits per heavy atom. The zero-order chi connectivity index (χ0) is 12.1. The molecule has 2 heterocycles. The van der Waals surface area contributed by atoms with Crippen molar-refractivity contribution in [2.45, 2.75) is 58.5 Å². The van der Waals surface area contributed by atoms with Gasteiger partial charge < -0.3 is 5.32 Å². The predicted octanol–water partition coefficient (Wildman–Crippen LogP) is 2.01. The van der Waals surface area contributed by atoms with E-state index in [0.29, 0.717) is 12.0 Å². The highest BCUT2D eigenvalue weighted by molar-refractivity contribution is 4.90. The minimum atomic E-state index is 0.590. The SMILES string of the molecule is CC(C)Cn1ncnc1CC1CCCCCN1. The number of rotatable bonds is 4. The van der Waals surface area contributed by atoms with Gasteiger partial charge in [0.15, 0.2) is 0 Å². The number of aromatic nitrogens is 3. The van der Waals surface area contributed by atoms with Crippen LogP contribution < -0.4 is 5.32 Å². The van der Waals surface area contributed by atoms with E-state index in [2.05, 4.69) is 33.9 Å². The molecule has 0 aliphatic carbocycles. The Hall–Kier alpha value is -0.900. The van der Waals surface area contributed by atoms with Crippen molar-refractivity contribution < 1.29 is 0 Å². The molecule has 1 fully saturated rings. The summed E-state index contributed by atoms with van der Waals surface area (Å²) in [6.45, 7) is 6.57. The largest absolute Gasteiger partial charge is 0.314 e. The molecular formula is C13H24N4. The Morgan fingerprint density at radius 2 is 2.29 bits per heavy atom. The summed E-state index contributed by atoms with van der Waals surface area (Å²) in [4.78, 5) is 4.41. The Kier molecular flexibility index (Phi) is 4.54. The summed E-state index contributed by atoms with van der Waals surface area (Å²) in [5.41, 5.74) is 0. The van der Waals surface area contributed by atoms with Crippen LogP contribution in [-0.4, -0.2) is 27.4 Å². The molecule has 1 unspecified atom stereocenters. The summed E-state index contributed by atoms with van der Waals surface area (Å²) in [6, 6.07) is 0.590. The molecule has 1 saturated heterocycles. The van der Waals surface area contributed by atoms with Crippen LogP contribution in [0.1, 0.15) is 45.4 Å². The van der Waals surface area contributed by atoms with Gasteiger partial charge in [0.05, 0.1) is 0 Å². The molecule has 0 amide bonds. The summed E-state index contributed by atoms with van der Waals surface area (Å²) in [6.07, 6.45) is 8.00. The van der Waals surface area contributed by atoms with E-state index in [4.69, 9.17) is 0 Å². The lowest BCUT2D eigenvalue weighted by Gasteiger charge is -2.16. The van der Waals surface area contributed by atoms with Crippen LogP contribution in [-0.2, 0) is 13.0 Å². The van der Waals surface area contributed by atoms with Gasteiger partial charge in [-0.05, 0) is 25.3 Å². The van der Waals surface area contributed by atoms with Crippen LogP contribution in [0.25, 0.3) is 0 Å². The second-order valence-electron chi connectivity index (χ2n) is 5.46. The summed E-state index contributed by atoms with van der Waals surface area (Å²) in [7, 11) is 0. The first-order valence-corrected chi connectivity index (χ1v) is 6.86. The van der Waals surface area contributed by atoms with Crippen molar-refractivity contribution in [2.75, 3.05) is 6.54 Å². The number of hydrogen-bond acceptors (Lipinski definition) is 3. The average Bonchev–Trinajstić information content (AvgIpc) is 2.55. The van der Waals surface area contributed by atoms with Gasteiger partial charge in [0, 0.05) is 19.0 Å². The molecule has 1 aromatic heterocycles. The van der Waals surface area contributed by atoms with Crippen molar-refractivity contribution in [1.82, 2.24) is 20.1 Å². The predicted molar refractivity (Wildman–Crippen MR) is 68.8 cm³/mol. The molecular weight excluding hydrogens is 212 g/mol. The minimum Gasteiger partial charge on any atom is -0.314 e. The molecule has 0 spiro atoms. The molecule has 4 heteroatoms. The summed E-state index contributed by atoms with van der Waals surface area (Å²) < 4.78 is 2.07. The molecule has 1 N–H and O–H groups in total. The van der Waals surface area contributed by atoms with E-state index < -0.39 is 0 Å². The van der Waals surface area contributed by atoms with Gasteiger partial charge in [-0.15, -0.1) is 0 Å². The lowest BCUT2D eigenvalue weighted by Crippen LogP contribution is -2.31. The highest BCUT2D eigenvalue weighted by Gasteiger charge is 2.15. The second kappa shape index (κ2) is 6.15. The van der Waals surface area contributed by atoms with Crippen LogP contribution >= 0.6 is 0 Å². The van der Waals surface area contributed by atoms with E-state index in [9.17, 15) is 0 Å². The third-order valence-electron chi connectivity index (χ3n) is 3.33. The molecule has 1 aliphatic rings. The van der Waals surface area contributed by atoms with Crippen LogP contribution in [0, 0.1) is 5.92 Å². The van der Waals surface area contributed by atoms with Crippen molar-refractivity contribution in [3.8, 4) is 0 Å². The van der Waals surface area contributed by atoms with Crippen molar-refractivity contribution >= 4 is 0 Å². The van der Waals surface area contributed by atoms with Crippen LogP contribution in [0.3, 0.4) is 0 Å². The molecule has 1 atom stereocenters. The minimum absolute atomic E-state index is 0.590. The van der Waals surface area contributed by atoms with Gasteiger partial charge in [0.1, 0.15) is 12.2 Å². The number of nitrogens with one attached hydrogen (secondary N) is 1. The fourth-order valence-corrected chi connectivity index (χ4v) is 2.44. The molecule has 0 aromatic carbocycles. The first-order valence-electron chi connectivity index (χ1n) is 6.86. The molecule has 0 saturated carbocycles. The van der Waals surface area contributed by atoms with Crippen molar-refractivity contribution in [3.05, 3.63) is 12.2 Å². The van der Waals surface area contributed by atoms with E-state index >= 15 is 0 Å². The monoisotopic (exact) mass is 236 g/mol. The maximum Gasteiger partial charge on any atom is 0.138 e. The van der Waals surface area contributed by atoms with Gasteiger partial charge in [-0.2, -0.15) is 5.10 Å². The van der Waals surface area contributed by atoms with Crippen LogP contribution in [0.2, 0.25) is 0 Å². The molecule has 1 aliphatic heterocycles. The van der Waals surface area contributed by atoms with E-state index in [1.165, 1.54) is 25.7 Å². The molecule has 0 radical (unpaired) electrons. The zero-order valence-electron chi connectivity index (χ0n) is 11.0. The quantitative estimate of drug-likeness (QED) is 0.869. The average molecular weight is 236 g/mol. The maximum atomic E-state index is 4.41. The lowest BCUT2D eigenvalue weighted by atomic mass is 10.1. The van der Waals surface area contributed by atoms with E-state index in [-0.39, 0.29) is 0 Å². The van der Waals surface area contributed by atoms with Crippen molar-refractivity contribution in [2.24, 2.45) is 5.92 Å². The Labute approximate surface area is 104 Å². The fourth-order valence-electron chi connectivity index (χ4n) is 2.44. The topological polar surface area (TPSA) is 42.7 Å². The Bertz CT molecular complexity index is 324. The zero-order valence-corrected chi connectivity index (χ0v) is 11.0. The van der Waals surface area contributed by atoms with Gasteiger partial charge in [-0.3, -0.25) is 0 Å². The van der Waals surface area contributed by atoms with Crippen molar-refractivity contribution in [1.29, 1.82) is 0 Å². The van der Waals surface area contributed by atoms with Gasteiger partial charge in [-0.25, -0.2) is 9.67 Å². The fraction of sp³-hybridized carbons (Fsp3) is 0.846. The highest BCUT2D eigenvalue weighted by atomic mass is 15.3. The summed E-state index contributed by atoms with van der Waals surface area (Å²) >= 11 is 0. The third-order valence-corrected chi connectivity index (χ3v) is 3.33. The molecule has 17 heavy (non-hydrogen) atoms. The van der Waals surface area contributed by atoms with E-state index in [1.807, 2.05) is 0 Å².